The Kier molecular flexibility index (Phi) is 4.93. The summed E-state index contributed by atoms with van der Waals surface area (Å²) in [6.07, 6.45) is 1.43. The van der Waals surface area contributed by atoms with Crippen LogP contribution in [0.2, 0.25) is 0 Å². The second-order valence-corrected chi connectivity index (χ2v) is 4.87. The summed E-state index contributed by atoms with van der Waals surface area (Å²) >= 11 is 0. The van der Waals surface area contributed by atoms with E-state index in [1.165, 1.54) is 0 Å². The third kappa shape index (κ3) is 3.70. The van der Waals surface area contributed by atoms with Gasteiger partial charge in [0.25, 0.3) is 0 Å². The predicted molar refractivity (Wildman–Crippen MR) is 82.9 cm³/mol. The molecule has 0 spiro atoms. The minimum absolute atomic E-state index is 0.0813. The molecule has 4 nitrogen and oxygen atoms in total. The first-order valence-electron chi connectivity index (χ1n) is 7.07. The molecule has 0 unspecified atom stereocenters. The first-order valence-corrected chi connectivity index (χ1v) is 7.07. The van der Waals surface area contributed by atoms with Crippen molar-refractivity contribution in [2.45, 2.75) is 26.7 Å². The molecule has 1 heterocycles. The standard InChI is InChI=1S/C16H21N3O/c1-3-9-17-15(20)8-10-18-16-12(2)11-13-6-4-5-7-14(13)19-16/h4-7,11H,3,8-10H2,1-2H3,(H,17,20)(H,18,19). The summed E-state index contributed by atoms with van der Waals surface area (Å²) in [5.74, 6) is 0.935. The van der Waals surface area contributed by atoms with E-state index in [0.29, 0.717) is 13.0 Å². The second kappa shape index (κ2) is 6.89. The molecule has 0 saturated carbocycles. The van der Waals surface area contributed by atoms with Crippen LogP contribution in [0.5, 0.6) is 0 Å². The van der Waals surface area contributed by atoms with Gasteiger partial charge in [-0.15, -0.1) is 0 Å². The number of rotatable bonds is 6. The monoisotopic (exact) mass is 271 g/mol. The van der Waals surface area contributed by atoms with Crippen molar-refractivity contribution < 1.29 is 4.79 Å². The molecule has 0 fully saturated rings. The van der Waals surface area contributed by atoms with Crippen molar-refractivity contribution in [1.82, 2.24) is 10.3 Å². The summed E-state index contributed by atoms with van der Waals surface area (Å²) in [5, 5.41) is 7.24. The third-order valence-electron chi connectivity index (χ3n) is 3.13. The first kappa shape index (κ1) is 14.3. The lowest BCUT2D eigenvalue weighted by atomic mass is 10.1. The van der Waals surface area contributed by atoms with E-state index in [1.54, 1.807) is 0 Å². The Morgan fingerprint density at radius 3 is 2.85 bits per heavy atom. The molecule has 0 bridgehead atoms. The summed E-state index contributed by atoms with van der Waals surface area (Å²) < 4.78 is 0. The predicted octanol–water partition coefficient (Wildman–Crippen LogP) is 2.87. The molecule has 1 amide bonds. The number of hydrogen-bond acceptors (Lipinski definition) is 3. The van der Waals surface area contributed by atoms with Crippen molar-refractivity contribution in [3.05, 3.63) is 35.9 Å². The molecular weight excluding hydrogens is 250 g/mol. The molecular formula is C16H21N3O. The van der Waals surface area contributed by atoms with E-state index in [0.717, 1.165) is 35.2 Å². The number of hydrogen-bond donors (Lipinski definition) is 2. The number of anilines is 1. The normalized spacial score (nSPS) is 10.5. The summed E-state index contributed by atoms with van der Waals surface area (Å²) in [6, 6.07) is 10.1. The van der Waals surface area contributed by atoms with Crippen LogP contribution in [0.4, 0.5) is 5.82 Å². The SMILES string of the molecule is CCCNC(=O)CCNc1nc2ccccc2cc1C. The van der Waals surface area contributed by atoms with Gasteiger partial charge in [-0.3, -0.25) is 4.79 Å². The van der Waals surface area contributed by atoms with E-state index < -0.39 is 0 Å². The Hall–Kier alpha value is -2.10. The quantitative estimate of drug-likeness (QED) is 0.849. The van der Waals surface area contributed by atoms with Crippen molar-refractivity contribution >= 4 is 22.6 Å². The second-order valence-electron chi connectivity index (χ2n) is 4.87. The van der Waals surface area contributed by atoms with Crippen LogP contribution in [0.15, 0.2) is 30.3 Å². The number of pyridine rings is 1. The molecule has 20 heavy (non-hydrogen) atoms. The van der Waals surface area contributed by atoms with Crippen LogP contribution in [-0.2, 0) is 4.79 Å². The molecule has 0 aliphatic heterocycles. The largest absolute Gasteiger partial charge is 0.369 e. The number of aromatic nitrogens is 1. The van der Waals surface area contributed by atoms with Crippen LogP contribution in [0.25, 0.3) is 10.9 Å². The van der Waals surface area contributed by atoms with Crippen LogP contribution in [-0.4, -0.2) is 24.0 Å². The van der Waals surface area contributed by atoms with Gasteiger partial charge in [-0.05, 0) is 31.0 Å². The topological polar surface area (TPSA) is 54.0 Å². The van der Waals surface area contributed by atoms with Gasteiger partial charge in [0.15, 0.2) is 0 Å². The Labute approximate surface area is 119 Å². The molecule has 106 valence electrons. The number of benzene rings is 1. The first-order chi connectivity index (χ1) is 9.70. The zero-order chi connectivity index (χ0) is 14.4. The molecule has 0 aliphatic rings. The number of aryl methyl sites for hydroxylation is 1. The van der Waals surface area contributed by atoms with Gasteiger partial charge in [0.05, 0.1) is 5.52 Å². The average Bonchev–Trinajstić information content (AvgIpc) is 2.45. The lowest BCUT2D eigenvalue weighted by Crippen LogP contribution is -2.26. The minimum Gasteiger partial charge on any atom is -0.369 e. The maximum Gasteiger partial charge on any atom is 0.221 e. The van der Waals surface area contributed by atoms with Gasteiger partial charge >= 0.3 is 0 Å². The number of carbonyl (C=O) groups is 1. The van der Waals surface area contributed by atoms with Gasteiger partial charge in [-0.25, -0.2) is 4.98 Å². The lowest BCUT2D eigenvalue weighted by molar-refractivity contribution is -0.120. The van der Waals surface area contributed by atoms with Crippen LogP contribution in [0.3, 0.4) is 0 Å². The number of carbonyl (C=O) groups excluding carboxylic acids is 1. The van der Waals surface area contributed by atoms with Crippen molar-refractivity contribution in [2.24, 2.45) is 0 Å². The highest BCUT2D eigenvalue weighted by Crippen LogP contribution is 2.19. The van der Waals surface area contributed by atoms with E-state index in [9.17, 15) is 4.79 Å². The Balaban J connectivity index is 1.96. The molecule has 1 aromatic carbocycles. The molecule has 0 atom stereocenters. The zero-order valence-electron chi connectivity index (χ0n) is 12.1. The number of fused-ring (bicyclic) bond motifs is 1. The van der Waals surface area contributed by atoms with Crippen LogP contribution in [0.1, 0.15) is 25.3 Å². The highest BCUT2D eigenvalue weighted by atomic mass is 16.1. The molecule has 2 aromatic rings. The maximum atomic E-state index is 11.5. The van der Waals surface area contributed by atoms with E-state index in [2.05, 4.69) is 27.8 Å². The van der Waals surface area contributed by atoms with Crippen LogP contribution in [0, 0.1) is 6.92 Å². The Morgan fingerprint density at radius 1 is 1.25 bits per heavy atom. The molecule has 4 heteroatoms. The number of para-hydroxylation sites is 1. The number of nitrogens with zero attached hydrogens (tertiary/aromatic N) is 1. The van der Waals surface area contributed by atoms with Crippen molar-refractivity contribution in [1.29, 1.82) is 0 Å². The van der Waals surface area contributed by atoms with Crippen LogP contribution < -0.4 is 10.6 Å². The number of nitrogens with one attached hydrogen (secondary N) is 2. The van der Waals surface area contributed by atoms with E-state index in [1.807, 2.05) is 32.0 Å². The molecule has 2 N–H and O–H groups in total. The maximum absolute atomic E-state index is 11.5. The van der Waals surface area contributed by atoms with Gasteiger partial charge < -0.3 is 10.6 Å². The molecule has 0 radical (unpaired) electrons. The fourth-order valence-electron chi connectivity index (χ4n) is 2.05. The lowest BCUT2D eigenvalue weighted by Gasteiger charge is -2.10. The van der Waals surface area contributed by atoms with E-state index in [4.69, 9.17) is 0 Å². The average molecular weight is 271 g/mol. The molecule has 2 rings (SSSR count). The molecule has 1 aromatic heterocycles. The van der Waals surface area contributed by atoms with Gasteiger partial charge in [0, 0.05) is 24.9 Å². The van der Waals surface area contributed by atoms with E-state index >= 15 is 0 Å². The zero-order valence-corrected chi connectivity index (χ0v) is 12.1. The number of amides is 1. The fourth-order valence-corrected chi connectivity index (χ4v) is 2.05. The summed E-state index contributed by atoms with van der Waals surface area (Å²) in [6.45, 7) is 5.41. The van der Waals surface area contributed by atoms with Crippen molar-refractivity contribution in [2.75, 3.05) is 18.4 Å². The summed E-state index contributed by atoms with van der Waals surface area (Å²) in [4.78, 5) is 16.1. The third-order valence-corrected chi connectivity index (χ3v) is 3.13. The summed E-state index contributed by atoms with van der Waals surface area (Å²) in [5.41, 5.74) is 2.06. The Morgan fingerprint density at radius 2 is 2.05 bits per heavy atom. The Bertz CT molecular complexity index is 595. The van der Waals surface area contributed by atoms with Crippen LogP contribution >= 0.6 is 0 Å². The van der Waals surface area contributed by atoms with Gasteiger partial charge in [-0.1, -0.05) is 25.1 Å². The van der Waals surface area contributed by atoms with Crippen molar-refractivity contribution in [3.8, 4) is 0 Å². The fraction of sp³-hybridized carbons (Fsp3) is 0.375. The smallest absolute Gasteiger partial charge is 0.221 e. The van der Waals surface area contributed by atoms with Crippen molar-refractivity contribution in [3.63, 3.8) is 0 Å². The van der Waals surface area contributed by atoms with Gasteiger partial charge in [-0.2, -0.15) is 0 Å². The molecule has 0 saturated heterocycles. The van der Waals surface area contributed by atoms with Gasteiger partial charge in [0.1, 0.15) is 5.82 Å². The summed E-state index contributed by atoms with van der Waals surface area (Å²) in [7, 11) is 0. The highest BCUT2D eigenvalue weighted by Gasteiger charge is 2.04. The van der Waals surface area contributed by atoms with Gasteiger partial charge in [0.2, 0.25) is 5.91 Å². The van der Waals surface area contributed by atoms with E-state index in [-0.39, 0.29) is 5.91 Å². The minimum atomic E-state index is 0.0813. The highest BCUT2D eigenvalue weighted by molar-refractivity contribution is 5.81. The molecule has 0 aliphatic carbocycles.